The van der Waals surface area contributed by atoms with E-state index < -0.39 is 16.1 Å². The zero-order chi connectivity index (χ0) is 33.5. The molecule has 1 aliphatic carbocycles. The lowest BCUT2D eigenvalue weighted by atomic mass is 9.87. The highest BCUT2D eigenvalue weighted by molar-refractivity contribution is 7.84. The molecule has 50 heavy (non-hydrogen) atoms. The zero-order valence-electron chi connectivity index (χ0n) is 28.1. The summed E-state index contributed by atoms with van der Waals surface area (Å²) < 4.78 is 3.06. The largest absolute Gasteiger partial charge is 0.240 e. The average Bonchev–Trinajstić information content (AvgIpc) is 3.48. The predicted molar refractivity (Wildman–Crippen MR) is 216 cm³/mol. The smallest absolute Gasteiger partial charge is 0.0330 e. The van der Waals surface area contributed by atoms with Crippen LogP contribution in [0.15, 0.2) is 206 Å². The van der Waals surface area contributed by atoms with Crippen molar-refractivity contribution in [1.29, 1.82) is 0 Å². The van der Waals surface area contributed by atoms with Gasteiger partial charge in [0.25, 0.3) is 0 Å². The molecule has 0 fully saturated rings. The molecule has 0 saturated carbocycles. The van der Waals surface area contributed by atoms with Gasteiger partial charge in [-0.2, -0.15) is 0 Å². The van der Waals surface area contributed by atoms with Gasteiger partial charge in [-0.25, -0.2) is 4.44 Å². The highest BCUT2D eigenvalue weighted by Crippen LogP contribution is 2.62. The van der Waals surface area contributed by atoms with Crippen molar-refractivity contribution in [2.75, 3.05) is 0 Å². The van der Waals surface area contributed by atoms with Gasteiger partial charge in [0.05, 0.1) is 0 Å². The fraction of sp³-hybridized carbons (Fsp3) is 0.106. The van der Waals surface area contributed by atoms with E-state index in [0.717, 1.165) is 12.8 Å². The van der Waals surface area contributed by atoms with Crippen LogP contribution in [0.4, 0.5) is 0 Å². The number of nitrogens with zero attached hydrogens (tertiary/aromatic N) is 1. The summed E-state index contributed by atoms with van der Waals surface area (Å²) in [5, 5.41) is 5.56. The maximum atomic E-state index is 3.06. The maximum Gasteiger partial charge on any atom is 0.0330 e. The molecule has 0 spiro atoms. The van der Waals surface area contributed by atoms with Crippen LogP contribution in [0, 0.1) is 0 Å². The van der Waals surface area contributed by atoms with E-state index in [4.69, 9.17) is 0 Å². The predicted octanol–water partition coefficient (Wildman–Crippen LogP) is 10.1. The molecule has 0 saturated heterocycles. The highest BCUT2D eigenvalue weighted by atomic mass is 31.2. The minimum atomic E-state index is -0.955. The van der Waals surface area contributed by atoms with Crippen molar-refractivity contribution in [2.45, 2.75) is 30.7 Å². The molecule has 0 heterocycles. The Morgan fingerprint density at radius 1 is 0.320 bits per heavy atom. The van der Waals surface area contributed by atoms with E-state index >= 15 is 0 Å². The number of rotatable bonds is 11. The van der Waals surface area contributed by atoms with Crippen molar-refractivity contribution >= 4 is 37.4 Å². The van der Waals surface area contributed by atoms with E-state index in [1.165, 1.54) is 43.5 Å². The van der Waals surface area contributed by atoms with Gasteiger partial charge in [-0.1, -0.05) is 206 Å². The van der Waals surface area contributed by atoms with Gasteiger partial charge in [-0.15, -0.1) is 0 Å². The van der Waals surface area contributed by atoms with E-state index in [1.54, 1.807) is 0 Å². The topological polar surface area (TPSA) is 3.24 Å². The van der Waals surface area contributed by atoms with E-state index in [-0.39, 0.29) is 6.04 Å². The Labute approximate surface area is 299 Å². The van der Waals surface area contributed by atoms with Crippen LogP contribution in [-0.2, 0) is 12.8 Å². The van der Waals surface area contributed by atoms with Crippen molar-refractivity contribution in [3.63, 3.8) is 0 Å². The number of fused-ring (bicyclic) bond motifs is 1. The zero-order valence-corrected chi connectivity index (χ0v) is 29.9. The fourth-order valence-electron chi connectivity index (χ4n) is 7.76. The van der Waals surface area contributed by atoms with Crippen LogP contribution < -0.4 is 21.2 Å². The van der Waals surface area contributed by atoms with Crippen LogP contribution >= 0.6 is 16.1 Å². The molecule has 1 aliphatic rings. The van der Waals surface area contributed by atoms with Gasteiger partial charge in [-0.05, 0) is 56.3 Å². The first-order valence-electron chi connectivity index (χ1n) is 17.6. The van der Waals surface area contributed by atoms with Crippen LogP contribution in [0.3, 0.4) is 0 Å². The van der Waals surface area contributed by atoms with Gasteiger partial charge in [0.2, 0.25) is 0 Å². The molecule has 0 aromatic heterocycles. The fourth-order valence-corrected chi connectivity index (χ4v) is 14.3. The van der Waals surface area contributed by atoms with Crippen LogP contribution in [0.5, 0.6) is 0 Å². The summed E-state index contributed by atoms with van der Waals surface area (Å²) in [5.41, 5.74) is 5.79. The monoisotopic (exact) mass is 681 g/mol. The van der Waals surface area contributed by atoms with E-state index in [0.29, 0.717) is 11.8 Å². The summed E-state index contributed by atoms with van der Waals surface area (Å²) in [5.74, 6) is 0.606. The Balaban J connectivity index is 1.43. The minimum Gasteiger partial charge on any atom is -0.240 e. The third-order valence-corrected chi connectivity index (χ3v) is 15.5. The molecular weight excluding hydrogens is 640 g/mol. The van der Waals surface area contributed by atoms with E-state index in [1.807, 2.05) is 0 Å². The molecule has 244 valence electrons. The molecule has 0 N–H and O–H groups in total. The normalized spacial score (nSPS) is 16.9. The molecule has 2 unspecified atom stereocenters. The van der Waals surface area contributed by atoms with Crippen LogP contribution in [0.1, 0.15) is 34.1 Å². The van der Waals surface area contributed by atoms with Gasteiger partial charge in [0, 0.05) is 34.0 Å². The second-order valence-corrected chi connectivity index (χ2v) is 17.5. The van der Waals surface area contributed by atoms with Gasteiger partial charge in [0.15, 0.2) is 0 Å². The van der Waals surface area contributed by atoms with E-state index in [2.05, 4.69) is 211 Å². The van der Waals surface area contributed by atoms with Crippen molar-refractivity contribution in [3.8, 4) is 0 Å². The summed E-state index contributed by atoms with van der Waals surface area (Å²) in [7, 11) is -1.91. The first-order valence-corrected chi connectivity index (χ1v) is 20.2. The lowest BCUT2D eigenvalue weighted by molar-refractivity contribution is 0.376. The van der Waals surface area contributed by atoms with Gasteiger partial charge in [-0.3, -0.25) is 0 Å². The first-order chi connectivity index (χ1) is 24.8. The molecule has 2 atom stereocenters. The Hall–Kier alpha value is -4.64. The van der Waals surface area contributed by atoms with E-state index in [9.17, 15) is 0 Å². The summed E-state index contributed by atoms with van der Waals surface area (Å²) in [6.07, 6.45) is 1.98. The molecule has 0 amide bonds. The molecule has 0 bridgehead atoms. The Morgan fingerprint density at radius 3 is 0.880 bits per heavy atom. The molecule has 0 aliphatic heterocycles. The van der Waals surface area contributed by atoms with Crippen LogP contribution in [0.2, 0.25) is 0 Å². The van der Waals surface area contributed by atoms with Crippen molar-refractivity contribution in [3.05, 3.63) is 229 Å². The SMILES string of the molecule is c1ccc(CC2c3ccccc3C(Cc3ccccc3)C2N(P(c2ccccc2)c2ccccc2)P(c2ccccc2)c2ccccc2)cc1. The Kier molecular flexibility index (Phi) is 10.1. The molecule has 7 aromatic carbocycles. The van der Waals surface area contributed by atoms with Crippen molar-refractivity contribution < 1.29 is 0 Å². The summed E-state index contributed by atoms with van der Waals surface area (Å²) in [6.45, 7) is 0. The lowest BCUT2D eigenvalue weighted by Gasteiger charge is -2.47. The van der Waals surface area contributed by atoms with Gasteiger partial charge in [0.1, 0.15) is 0 Å². The van der Waals surface area contributed by atoms with Crippen LogP contribution in [-0.4, -0.2) is 10.5 Å². The third kappa shape index (κ3) is 6.88. The van der Waals surface area contributed by atoms with Crippen LogP contribution in [0.25, 0.3) is 0 Å². The molecule has 3 heteroatoms. The Morgan fingerprint density at radius 2 is 0.580 bits per heavy atom. The quantitative estimate of drug-likeness (QED) is 0.123. The molecule has 1 nitrogen and oxygen atoms in total. The van der Waals surface area contributed by atoms with Gasteiger partial charge >= 0.3 is 0 Å². The summed E-state index contributed by atoms with van der Waals surface area (Å²) in [6, 6.07) is 77.4. The minimum absolute atomic E-state index is 0.228. The molecule has 0 radical (unpaired) electrons. The number of hydrogen-bond acceptors (Lipinski definition) is 1. The second kappa shape index (κ2) is 15.5. The molecular formula is C47H41NP2. The third-order valence-electron chi connectivity index (χ3n) is 9.90. The van der Waals surface area contributed by atoms with Crippen molar-refractivity contribution in [2.24, 2.45) is 0 Å². The lowest BCUT2D eigenvalue weighted by Crippen LogP contribution is -2.43. The number of hydrogen-bond donors (Lipinski definition) is 0. The average molecular weight is 682 g/mol. The van der Waals surface area contributed by atoms with Gasteiger partial charge < -0.3 is 0 Å². The first kappa shape index (κ1) is 32.6. The summed E-state index contributed by atoms with van der Waals surface area (Å²) in [4.78, 5) is 0. The standard InChI is InChI=1S/C47H41NP2/c1-7-21-37(22-8-1)35-45-43-33-19-20-34-44(43)46(36-38-23-9-2-10-24-38)47(45)48(49(39-25-11-3-12-26-39)40-27-13-4-14-28-40)50(41-29-15-5-16-30-41)42-31-17-6-18-32-42/h1-34,45-47H,35-36H2. The Bertz CT molecular complexity index is 1840. The summed E-state index contributed by atoms with van der Waals surface area (Å²) >= 11 is 0. The molecule has 7 aromatic rings. The van der Waals surface area contributed by atoms with Crippen molar-refractivity contribution in [1.82, 2.24) is 4.44 Å². The second-order valence-electron chi connectivity index (χ2n) is 13.0. The molecule has 8 rings (SSSR count). The number of benzene rings is 7. The highest BCUT2D eigenvalue weighted by Gasteiger charge is 2.49. The maximum absolute atomic E-state index is 3.06.